The van der Waals surface area contributed by atoms with Gasteiger partial charge in [-0.2, -0.15) is 0 Å². The molecule has 24 nitrogen and oxygen atoms in total. The second-order valence-electron chi connectivity index (χ2n) is 36.0. The number of halogens is 4. The van der Waals surface area contributed by atoms with Crippen LogP contribution >= 0.6 is 0 Å². The topological polar surface area (TPSA) is 113 Å². The Hall–Kier alpha value is -3.44. The fourth-order valence-electron chi connectivity index (χ4n) is 24.5. The van der Waals surface area contributed by atoms with E-state index in [2.05, 4.69) is 111 Å². The number of nitrogens with zero attached hydrogens (tertiary/aromatic N) is 16. The molecule has 0 unspecified atom stereocenters. The largest absolute Gasteiger partial charge is 1.00 e. The molecule has 0 aromatic heterocycles. The van der Waals surface area contributed by atoms with Crippen molar-refractivity contribution in [1.82, 2.24) is 58.8 Å². The SMILES string of the molecule is CCCCCC1c2cc3c4c(C[N+]56CN7CN(CN(C7)C5)C6)c2OCOc2c1cc1c(c2C[N+]25CN6CN(CN(C6)C2)C5)OCOc2c(cc5c(c2C[N+]26CN7CN(CN(C7)C2)C6)OCOc2c(cc(c(c2C[N+]26CN7CN(CN(C7)C2)C6)OCO4)C3CCCCC)C5CCCCC)C1CCCCC.[Br-].[Br-].[Br-].[Br-]. The molecule has 0 saturated carbocycles. The van der Waals surface area contributed by atoms with E-state index in [4.69, 9.17) is 37.9 Å². The Kier molecular flexibility index (Phi) is 21.9. The van der Waals surface area contributed by atoms with E-state index in [0.717, 1.165) is 353 Å². The van der Waals surface area contributed by atoms with E-state index in [0.29, 0.717) is 0 Å². The van der Waals surface area contributed by atoms with Crippen LogP contribution in [0.1, 0.15) is 221 Å². The van der Waals surface area contributed by atoms with Gasteiger partial charge in [0.15, 0.2) is 0 Å². The number of rotatable bonds is 24. The maximum Gasteiger partial charge on any atom is 0.230 e. The molecular formula is C80H116Br4N16O8. The molecule has 20 heterocycles. The molecule has 16 fully saturated rings. The fraction of sp³-hybridized carbons (Fsp3) is 0.700. The molecule has 0 amide bonds. The lowest BCUT2D eigenvalue weighted by atomic mass is 9.74. The molecule has 0 aliphatic carbocycles. The van der Waals surface area contributed by atoms with Crippen LogP contribution in [-0.4, -0.2) is 264 Å². The van der Waals surface area contributed by atoms with Crippen molar-refractivity contribution in [2.45, 2.75) is 180 Å². The molecule has 0 atom stereocenters. The highest BCUT2D eigenvalue weighted by Crippen LogP contribution is 2.61. The first-order valence-corrected chi connectivity index (χ1v) is 40.9. The Morgan fingerprint density at radius 3 is 0.528 bits per heavy atom. The second kappa shape index (κ2) is 30.6. The summed E-state index contributed by atoms with van der Waals surface area (Å²) >= 11 is 0. The number of ether oxygens (including phenoxy) is 8. The molecule has 4 aromatic carbocycles. The molecule has 16 bridgehead atoms. The number of unbranched alkanes of at least 4 members (excludes halogenated alkanes) is 8. The molecule has 0 spiro atoms. The number of hydrogen-bond acceptors (Lipinski definition) is 20. The molecule has 16 saturated heterocycles. The number of fused-ring (bicyclic) bond motifs is 8. The lowest BCUT2D eigenvalue weighted by molar-refractivity contribution is -0.991. The molecule has 0 radical (unpaired) electrons. The summed E-state index contributed by atoms with van der Waals surface area (Å²) < 4.78 is 65.5. The summed E-state index contributed by atoms with van der Waals surface area (Å²) in [6.07, 6.45) is 17.1. The van der Waals surface area contributed by atoms with Gasteiger partial charge in [0.1, 0.15) is 152 Å². The minimum absolute atomic E-state index is 0. The second-order valence-corrected chi connectivity index (χ2v) is 36.0. The monoisotopic (exact) mass is 1740 g/mol. The minimum Gasteiger partial charge on any atom is -1.00 e. The summed E-state index contributed by atoms with van der Waals surface area (Å²) in [5.41, 5.74) is 15.1. The van der Waals surface area contributed by atoms with E-state index in [1.54, 1.807) is 0 Å². The molecule has 108 heavy (non-hydrogen) atoms. The third-order valence-electron chi connectivity index (χ3n) is 27.3. The first-order chi connectivity index (χ1) is 51.0. The van der Waals surface area contributed by atoms with E-state index in [-0.39, 0.29) is 119 Å². The summed E-state index contributed by atoms with van der Waals surface area (Å²) in [6, 6.07) is 10.7. The zero-order chi connectivity index (χ0) is 69.2. The maximum absolute atomic E-state index is 7.74. The third kappa shape index (κ3) is 13.4. The van der Waals surface area contributed by atoms with Gasteiger partial charge in [-0.15, -0.1) is 0 Å². The normalized spacial score (nSPS) is 36.5. The predicted molar refractivity (Wildman–Crippen MR) is 389 cm³/mol. The van der Waals surface area contributed by atoms with Gasteiger partial charge in [0.05, 0.1) is 102 Å². The van der Waals surface area contributed by atoms with E-state index in [1.807, 2.05) is 0 Å². The van der Waals surface area contributed by atoms with Crippen LogP contribution in [0.4, 0.5) is 0 Å². The smallest absolute Gasteiger partial charge is 0.230 e. The Balaban J connectivity index is 0.00000214. The van der Waals surface area contributed by atoms with Crippen molar-refractivity contribution in [2.24, 2.45) is 0 Å². The van der Waals surface area contributed by atoms with Crippen LogP contribution < -0.4 is 106 Å². The number of hydrogen-bond donors (Lipinski definition) is 0. The molecular weight excluding hydrogens is 1630 g/mol. The van der Waals surface area contributed by atoms with Gasteiger partial charge in [-0.1, -0.05) is 105 Å². The quantitative estimate of drug-likeness (QED) is 0.0560. The first-order valence-electron chi connectivity index (χ1n) is 40.9. The van der Waals surface area contributed by atoms with Gasteiger partial charge >= 0.3 is 0 Å². The summed E-state index contributed by atoms with van der Waals surface area (Å²) in [5.74, 6) is 7.36. The van der Waals surface area contributed by atoms with Crippen LogP contribution in [0, 0.1) is 0 Å². The molecule has 0 N–H and O–H groups in total. The maximum atomic E-state index is 7.74. The molecule has 20 aliphatic heterocycles. The summed E-state index contributed by atoms with van der Waals surface area (Å²) in [7, 11) is 0. The van der Waals surface area contributed by atoms with Gasteiger partial charge in [0.25, 0.3) is 0 Å². The Morgan fingerprint density at radius 1 is 0.241 bits per heavy atom. The number of benzene rings is 4. The molecule has 4 aromatic rings. The van der Waals surface area contributed by atoms with E-state index in [9.17, 15) is 0 Å². The van der Waals surface area contributed by atoms with E-state index in [1.165, 1.54) is 66.8 Å². The highest BCUT2D eigenvalue weighted by molar-refractivity contribution is 5.70. The van der Waals surface area contributed by atoms with Crippen molar-refractivity contribution in [2.75, 3.05) is 187 Å². The van der Waals surface area contributed by atoms with Crippen LogP contribution in [0.3, 0.4) is 0 Å². The predicted octanol–water partition coefficient (Wildman–Crippen LogP) is -2.19. The van der Waals surface area contributed by atoms with Crippen molar-refractivity contribution in [1.29, 1.82) is 0 Å². The summed E-state index contributed by atoms with van der Waals surface area (Å²) in [4.78, 5) is 32.0. The van der Waals surface area contributed by atoms with Gasteiger partial charge in [-0.3, -0.25) is 17.9 Å². The Morgan fingerprint density at radius 2 is 0.389 bits per heavy atom. The molecule has 20 aliphatic rings. The third-order valence-corrected chi connectivity index (χ3v) is 27.3. The van der Waals surface area contributed by atoms with Gasteiger partial charge in [-0.25, -0.2) is 58.8 Å². The lowest BCUT2D eigenvalue weighted by Crippen LogP contribution is -3.00. The average Bonchev–Trinajstić information content (AvgIpc) is 0.713. The molecule has 28 heteroatoms. The summed E-state index contributed by atoms with van der Waals surface area (Å²) in [6.45, 7) is 36.8. The standard InChI is InChI=1S/C80H116N16O8.4BrH/c1-5-9-13-17-57-61-21-63-58(18-14-10-6-2)65-23-67-60(20-16-12-8-4)68-24-66-59(19-15-11-7-3)64-22-62(57)74-70(26-94-44-84-32-85(45-94)34-86(33-84)46-94)76(64)100-55-102-78(66)72(28-96-50-90-38-91(51-96)40-92(39-90)52-96)80(68)104-56-103-79(67)71(27-95-47-87-35-88(48-95)37-89(36-87)49-95)77(65)101-54-99-75(63)69(73(61)97-53-98-74)25-93-41-81-29-82(42-93)31-83(30-81)43-93;;;;/h21-24,57-60H,5-20,25-56H2,1-4H3;4*1H/q+4;;;;/p-4. The average molecular weight is 1750 g/mol. The molecule has 592 valence electrons. The fourth-order valence-corrected chi connectivity index (χ4v) is 24.5. The number of quaternary nitrogens is 4. The zero-order valence-corrected chi connectivity index (χ0v) is 70.8. The van der Waals surface area contributed by atoms with Crippen LogP contribution in [-0.2, 0) is 26.2 Å². The first kappa shape index (κ1) is 77.2. The zero-order valence-electron chi connectivity index (χ0n) is 64.5. The molecule has 24 rings (SSSR count). The van der Waals surface area contributed by atoms with Gasteiger partial charge < -0.3 is 106 Å². The minimum atomic E-state index is -0.0814. The van der Waals surface area contributed by atoms with Crippen LogP contribution in [0.15, 0.2) is 24.3 Å². The van der Waals surface area contributed by atoms with Crippen LogP contribution in [0.25, 0.3) is 0 Å². The van der Waals surface area contributed by atoms with Crippen molar-refractivity contribution >= 4 is 0 Å². The van der Waals surface area contributed by atoms with Crippen molar-refractivity contribution < 1.29 is 124 Å². The van der Waals surface area contributed by atoms with Crippen molar-refractivity contribution in [3.63, 3.8) is 0 Å². The Bertz CT molecular complexity index is 3260. The Labute approximate surface area is 682 Å². The highest BCUT2D eigenvalue weighted by Gasteiger charge is 2.56. The van der Waals surface area contributed by atoms with Crippen LogP contribution in [0.5, 0.6) is 46.0 Å². The van der Waals surface area contributed by atoms with Crippen molar-refractivity contribution in [3.05, 3.63) is 91.0 Å². The van der Waals surface area contributed by atoms with Gasteiger partial charge in [0.2, 0.25) is 27.2 Å². The van der Waals surface area contributed by atoms with Crippen molar-refractivity contribution in [3.8, 4) is 46.0 Å². The van der Waals surface area contributed by atoms with Crippen LogP contribution in [0.2, 0.25) is 0 Å². The lowest BCUT2D eigenvalue weighted by Gasteiger charge is -2.61. The van der Waals surface area contributed by atoms with Gasteiger partial charge in [-0.05, 0) is 49.9 Å². The van der Waals surface area contributed by atoms with E-state index < -0.39 is 0 Å². The van der Waals surface area contributed by atoms with E-state index >= 15 is 0 Å². The summed E-state index contributed by atoms with van der Waals surface area (Å²) in [5, 5.41) is 0. The highest BCUT2D eigenvalue weighted by atomic mass is 79.9. The van der Waals surface area contributed by atoms with Gasteiger partial charge in [0, 0.05) is 68.2 Å².